The van der Waals surface area contributed by atoms with Crippen LogP contribution >= 0.6 is 0 Å². The summed E-state index contributed by atoms with van der Waals surface area (Å²) in [4.78, 5) is 0. The molecule has 1 N–H and O–H groups in total. The van der Waals surface area contributed by atoms with Crippen molar-refractivity contribution in [2.75, 3.05) is 13.2 Å². The molecule has 2 nitrogen and oxygen atoms in total. The zero-order chi connectivity index (χ0) is 15.1. The summed E-state index contributed by atoms with van der Waals surface area (Å²) >= 11 is 0. The van der Waals surface area contributed by atoms with Crippen molar-refractivity contribution in [2.45, 2.75) is 64.8 Å². The van der Waals surface area contributed by atoms with Crippen molar-refractivity contribution in [3.8, 4) is 5.75 Å². The molecular weight excluding hydrogens is 258 g/mol. The predicted molar refractivity (Wildman–Crippen MR) is 88.0 cm³/mol. The molecule has 0 aromatic heterocycles. The fraction of sp³-hybridized carbons (Fsp3) is 0.684. The predicted octanol–water partition coefficient (Wildman–Crippen LogP) is 4.59. The molecule has 0 bridgehead atoms. The van der Waals surface area contributed by atoms with E-state index in [2.05, 4.69) is 51.2 Å². The highest BCUT2D eigenvalue weighted by molar-refractivity contribution is 5.46. The van der Waals surface area contributed by atoms with Gasteiger partial charge in [0.1, 0.15) is 5.75 Å². The van der Waals surface area contributed by atoms with Crippen molar-refractivity contribution in [1.82, 2.24) is 5.32 Å². The van der Waals surface area contributed by atoms with Crippen LogP contribution in [0.5, 0.6) is 5.75 Å². The highest BCUT2D eigenvalue weighted by Gasteiger charge is 2.39. The van der Waals surface area contributed by atoms with Gasteiger partial charge in [0.2, 0.25) is 0 Å². The van der Waals surface area contributed by atoms with Crippen molar-refractivity contribution in [2.24, 2.45) is 5.41 Å². The van der Waals surface area contributed by atoms with Gasteiger partial charge in [0.25, 0.3) is 0 Å². The number of fused-ring (bicyclic) bond motifs is 1. The lowest BCUT2D eigenvalue weighted by atomic mass is 9.75. The number of rotatable bonds is 4. The van der Waals surface area contributed by atoms with Gasteiger partial charge in [-0.1, -0.05) is 46.6 Å². The molecule has 1 aromatic carbocycles. The van der Waals surface area contributed by atoms with Crippen LogP contribution in [0.15, 0.2) is 18.2 Å². The lowest BCUT2D eigenvalue weighted by molar-refractivity contribution is 0.226. The average Bonchev–Trinajstić information content (AvgIpc) is 3.01. The molecule has 1 aliphatic carbocycles. The normalized spacial score (nSPS) is 23.6. The van der Waals surface area contributed by atoms with Crippen LogP contribution in [0.1, 0.15) is 70.5 Å². The van der Waals surface area contributed by atoms with Crippen molar-refractivity contribution in [1.29, 1.82) is 0 Å². The second kappa shape index (κ2) is 5.31. The summed E-state index contributed by atoms with van der Waals surface area (Å²) in [7, 11) is 0. The fourth-order valence-corrected chi connectivity index (χ4v) is 4.16. The second-order valence-electron chi connectivity index (χ2n) is 7.78. The van der Waals surface area contributed by atoms with Crippen LogP contribution < -0.4 is 10.1 Å². The van der Waals surface area contributed by atoms with E-state index in [1.54, 1.807) is 0 Å². The molecule has 1 saturated carbocycles. The first-order chi connectivity index (χ1) is 9.96. The second-order valence-corrected chi connectivity index (χ2v) is 7.78. The van der Waals surface area contributed by atoms with Gasteiger partial charge in [-0.3, -0.25) is 0 Å². The maximum atomic E-state index is 5.84. The molecule has 1 aliphatic heterocycles. The molecule has 2 aliphatic rings. The van der Waals surface area contributed by atoms with Crippen LogP contribution in [0.25, 0.3) is 0 Å². The van der Waals surface area contributed by atoms with Crippen molar-refractivity contribution >= 4 is 0 Å². The summed E-state index contributed by atoms with van der Waals surface area (Å²) in [6, 6.07) is 7.32. The van der Waals surface area contributed by atoms with E-state index >= 15 is 0 Å². The van der Waals surface area contributed by atoms with Crippen molar-refractivity contribution in [3.05, 3.63) is 29.3 Å². The monoisotopic (exact) mass is 287 g/mol. The van der Waals surface area contributed by atoms with Gasteiger partial charge in [0.05, 0.1) is 6.61 Å². The molecule has 0 spiro atoms. The molecule has 21 heavy (non-hydrogen) atoms. The summed E-state index contributed by atoms with van der Waals surface area (Å²) in [5, 5.41) is 3.76. The van der Waals surface area contributed by atoms with E-state index in [4.69, 9.17) is 4.74 Å². The molecule has 1 unspecified atom stereocenters. The number of hydrogen-bond acceptors (Lipinski definition) is 2. The van der Waals surface area contributed by atoms with Gasteiger partial charge in [-0.15, -0.1) is 0 Å². The number of benzene rings is 1. The highest BCUT2D eigenvalue weighted by Crippen LogP contribution is 2.48. The van der Waals surface area contributed by atoms with Gasteiger partial charge >= 0.3 is 0 Å². The van der Waals surface area contributed by atoms with Gasteiger partial charge in [-0.2, -0.15) is 0 Å². The molecule has 1 aromatic rings. The molecule has 1 heterocycles. The zero-order valence-corrected chi connectivity index (χ0v) is 14.0. The Balaban J connectivity index is 1.97. The van der Waals surface area contributed by atoms with Crippen LogP contribution in [0.2, 0.25) is 0 Å². The first kappa shape index (κ1) is 14.9. The lowest BCUT2D eigenvalue weighted by Crippen LogP contribution is -2.34. The van der Waals surface area contributed by atoms with E-state index in [-0.39, 0.29) is 5.41 Å². The highest BCUT2D eigenvalue weighted by atomic mass is 16.5. The van der Waals surface area contributed by atoms with Gasteiger partial charge in [0.15, 0.2) is 0 Å². The minimum atomic E-state index is 0.138. The molecule has 116 valence electrons. The zero-order valence-electron chi connectivity index (χ0n) is 14.0. The van der Waals surface area contributed by atoms with Crippen molar-refractivity contribution < 1.29 is 4.74 Å². The average molecular weight is 287 g/mol. The molecule has 3 rings (SSSR count). The number of nitrogens with one attached hydrogen (secondary N) is 1. The maximum Gasteiger partial charge on any atom is 0.123 e. The summed E-state index contributed by atoms with van der Waals surface area (Å²) in [6.45, 7) is 11.1. The topological polar surface area (TPSA) is 21.3 Å². The fourth-order valence-electron chi connectivity index (χ4n) is 4.16. The molecule has 2 heteroatoms. The number of ether oxygens (including phenoxy) is 1. The third-order valence-electron chi connectivity index (χ3n) is 5.51. The SMILES string of the molecule is CCNC(c1ccc2c(c1)C(C)(C)CO2)C1(C)CCCC1. The quantitative estimate of drug-likeness (QED) is 0.874. The van der Waals surface area contributed by atoms with E-state index in [0.29, 0.717) is 11.5 Å². The Morgan fingerprint density at radius 2 is 1.90 bits per heavy atom. The lowest BCUT2D eigenvalue weighted by Gasteiger charge is -2.35. The van der Waals surface area contributed by atoms with Gasteiger partial charge in [-0.25, -0.2) is 0 Å². The van der Waals surface area contributed by atoms with E-state index in [9.17, 15) is 0 Å². The minimum Gasteiger partial charge on any atom is -0.492 e. The third kappa shape index (κ3) is 2.59. The van der Waals surface area contributed by atoms with Gasteiger partial charge in [-0.05, 0) is 42.5 Å². The molecule has 1 fully saturated rings. The third-order valence-corrected chi connectivity index (χ3v) is 5.51. The minimum absolute atomic E-state index is 0.138. The maximum absolute atomic E-state index is 5.84. The van der Waals surface area contributed by atoms with E-state index in [1.807, 2.05) is 0 Å². The largest absolute Gasteiger partial charge is 0.492 e. The van der Waals surface area contributed by atoms with Crippen LogP contribution in [0.3, 0.4) is 0 Å². The first-order valence-corrected chi connectivity index (χ1v) is 8.47. The Bertz CT molecular complexity index is 514. The Hall–Kier alpha value is -1.02. The van der Waals surface area contributed by atoms with E-state index < -0.39 is 0 Å². The molecule has 0 radical (unpaired) electrons. The molecule has 0 amide bonds. The van der Waals surface area contributed by atoms with Crippen LogP contribution in [-0.4, -0.2) is 13.2 Å². The molecule has 0 saturated heterocycles. The smallest absolute Gasteiger partial charge is 0.123 e. The van der Waals surface area contributed by atoms with Gasteiger partial charge < -0.3 is 10.1 Å². The Morgan fingerprint density at radius 1 is 1.19 bits per heavy atom. The summed E-state index contributed by atoms with van der Waals surface area (Å²) in [5.74, 6) is 1.08. The van der Waals surface area contributed by atoms with E-state index in [1.165, 1.54) is 36.8 Å². The summed E-state index contributed by atoms with van der Waals surface area (Å²) < 4.78 is 5.84. The molecule has 1 atom stereocenters. The Kier molecular flexibility index (Phi) is 3.77. The van der Waals surface area contributed by atoms with Crippen molar-refractivity contribution in [3.63, 3.8) is 0 Å². The Morgan fingerprint density at radius 3 is 2.57 bits per heavy atom. The van der Waals surface area contributed by atoms with Crippen LogP contribution in [0, 0.1) is 5.41 Å². The van der Waals surface area contributed by atoms with Gasteiger partial charge in [0, 0.05) is 17.0 Å². The molecular formula is C19H29NO. The Labute approximate surface area is 129 Å². The van der Waals surface area contributed by atoms with E-state index in [0.717, 1.165) is 18.9 Å². The standard InChI is InChI=1S/C19H29NO/c1-5-20-17(19(4)10-6-7-11-19)14-8-9-16-15(12-14)18(2,3)13-21-16/h8-9,12,17,20H,5-7,10-11,13H2,1-4H3. The van der Waals surface area contributed by atoms with Crippen LogP contribution in [0.4, 0.5) is 0 Å². The van der Waals surface area contributed by atoms with Crippen LogP contribution in [-0.2, 0) is 5.41 Å². The summed E-state index contributed by atoms with van der Waals surface area (Å²) in [5.41, 5.74) is 3.36. The number of hydrogen-bond donors (Lipinski definition) is 1. The summed E-state index contributed by atoms with van der Waals surface area (Å²) in [6.07, 6.45) is 5.42. The first-order valence-electron chi connectivity index (χ1n) is 8.47.